The van der Waals surface area contributed by atoms with E-state index in [1.54, 1.807) is 12.3 Å². The maximum Gasteiger partial charge on any atom is 0.318 e. The number of aromatic nitrogens is 2. The van der Waals surface area contributed by atoms with E-state index in [9.17, 15) is 4.79 Å². The molecular weight excluding hydrogens is 292 g/mol. The summed E-state index contributed by atoms with van der Waals surface area (Å²) in [6.45, 7) is 6.66. The van der Waals surface area contributed by atoms with Crippen molar-refractivity contribution in [3.05, 3.63) is 47.2 Å². The zero-order valence-corrected chi connectivity index (χ0v) is 13.7. The fourth-order valence-corrected chi connectivity index (χ4v) is 2.00. The molecule has 1 amide bonds. The minimum atomic E-state index is -0.0127. The van der Waals surface area contributed by atoms with Crippen molar-refractivity contribution in [3.8, 4) is 6.01 Å². The average molecular weight is 314 g/mol. The average Bonchev–Trinajstić information content (AvgIpc) is 2.51. The Morgan fingerprint density at radius 2 is 2.13 bits per heavy atom. The number of aryl methyl sites for hydroxylation is 1. The number of nitrogens with two attached hydrogens (primary N) is 1. The topological polar surface area (TPSA) is 90.1 Å². The van der Waals surface area contributed by atoms with Gasteiger partial charge in [0.2, 0.25) is 5.91 Å². The van der Waals surface area contributed by atoms with Crippen LogP contribution in [0.15, 0.2) is 30.5 Å². The molecule has 23 heavy (non-hydrogen) atoms. The molecule has 1 aromatic heterocycles. The van der Waals surface area contributed by atoms with Crippen molar-refractivity contribution in [3.63, 3.8) is 0 Å². The van der Waals surface area contributed by atoms with Crippen LogP contribution in [0.4, 0.5) is 5.82 Å². The summed E-state index contributed by atoms with van der Waals surface area (Å²) >= 11 is 0. The second-order valence-corrected chi connectivity index (χ2v) is 5.69. The molecule has 1 heterocycles. The Hall–Kier alpha value is -2.63. The normalized spacial score (nSPS) is 10.6. The molecule has 6 nitrogen and oxygen atoms in total. The van der Waals surface area contributed by atoms with E-state index in [4.69, 9.17) is 10.5 Å². The maximum atomic E-state index is 11.6. The highest BCUT2D eigenvalue weighted by molar-refractivity contribution is 5.77. The fourth-order valence-electron chi connectivity index (χ4n) is 2.00. The lowest BCUT2D eigenvalue weighted by atomic mass is 10.1. The number of hydrogen-bond acceptors (Lipinski definition) is 5. The van der Waals surface area contributed by atoms with Crippen molar-refractivity contribution in [2.45, 2.75) is 33.9 Å². The number of amides is 1. The molecule has 2 rings (SSSR count). The smallest absolute Gasteiger partial charge is 0.318 e. The summed E-state index contributed by atoms with van der Waals surface area (Å²) in [5.41, 5.74) is 8.78. The van der Waals surface area contributed by atoms with Gasteiger partial charge in [-0.3, -0.25) is 4.79 Å². The zero-order valence-electron chi connectivity index (χ0n) is 13.7. The first-order valence-electron chi connectivity index (χ1n) is 7.53. The summed E-state index contributed by atoms with van der Waals surface area (Å²) < 4.78 is 5.53. The van der Waals surface area contributed by atoms with Crippen LogP contribution in [0, 0.1) is 12.8 Å². The van der Waals surface area contributed by atoms with Gasteiger partial charge in [-0.25, -0.2) is 4.98 Å². The molecule has 0 saturated carbocycles. The van der Waals surface area contributed by atoms with Crippen LogP contribution in [0.2, 0.25) is 0 Å². The third-order valence-corrected chi connectivity index (χ3v) is 3.41. The number of nitrogens with zero attached hydrogens (tertiary/aromatic N) is 2. The Labute approximate surface area is 136 Å². The van der Waals surface area contributed by atoms with Crippen LogP contribution in [-0.4, -0.2) is 15.9 Å². The number of hydrogen-bond donors (Lipinski definition) is 2. The van der Waals surface area contributed by atoms with Crippen LogP contribution < -0.4 is 15.8 Å². The van der Waals surface area contributed by atoms with Crippen molar-refractivity contribution in [2.24, 2.45) is 5.92 Å². The highest BCUT2D eigenvalue weighted by Gasteiger charge is 2.08. The third-order valence-electron chi connectivity index (χ3n) is 3.41. The Kier molecular flexibility index (Phi) is 5.51. The van der Waals surface area contributed by atoms with Gasteiger partial charge in [0, 0.05) is 18.7 Å². The number of carbonyl (C=O) groups is 1. The predicted molar refractivity (Wildman–Crippen MR) is 88.6 cm³/mol. The number of nitrogens with one attached hydrogen (secondary N) is 1. The van der Waals surface area contributed by atoms with E-state index in [2.05, 4.69) is 15.3 Å². The number of rotatable bonds is 6. The molecule has 0 aliphatic heterocycles. The number of anilines is 1. The fraction of sp³-hybridized carbons (Fsp3) is 0.353. The first kappa shape index (κ1) is 16.7. The molecule has 6 heteroatoms. The summed E-state index contributed by atoms with van der Waals surface area (Å²) in [4.78, 5) is 19.6. The summed E-state index contributed by atoms with van der Waals surface area (Å²) in [5, 5.41) is 2.92. The standard InChI is InChI=1S/C17H22N4O2/c1-11(2)16(22)20-9-14-5-4-13(8-12(14)3)10-23-17-19-7-6-15(18)21-17/h4-8,11H,9-10H2,1-3H3,(H,20,22)(H2,18,19,21). The van der Waals surface area contributed by atoms with Gasteiger partial charge >= 0.3 is 6.01 Å². The molecule has 0 bridgehead atoms. The summed E-state index contributed by atoms with van der Waals surface area (Å²) in [7, 11) is 0. The summed E-state index contributed by atoms with van der Waals surface area (Å²) in [6.07, 6.45) is 1.56. The Balaban J connectivity index is 1.95. The molecular formula is C17H22N4O2. The summed E-state index contributed by atoms with van der Waals surface area (Å²) in [6, 6.07) is 7.86. The van der Waals surface area contributed by atoms with Crippen molar-refractivity contribution in [1.29, 1.82) is 0 Å². The minimum Gasteiger partial charge on any atom is -0.459 e. The lowest BCUT2D eigenvalue weighted by Gasteiger charge is -2.11. The van der Waals surface area contributed by atoms with Gasteiger partial charge in [-0.1, -0.05) is 32.0 Å². The van der Waals surface area contributed by atoms with Gasteiger partial charge in [0.15, 0.2) is 0 Å². The Morgan fingerprint density at radius 1 is 1.35 bits per heavy atom. The molecule has 0 atom stereocenters. The molecule has 0 fully saturated rings. The molecule has 122 valence electrons. The zero-order chi connectivity index (χ0) is 16.8. The first-order valence-corrected chi connectivity index (χ1v) is 7.53. The largest absolute Gasteiger partial charge is 0.459 e. The van der Waals surface area contributed by atoms with Crippen molar-refractivity contribution in [1.82, 2.24) is 15.3 Å². The van der Waals surface area contributed by atoms with E-state index in [1.807, 2.05) is 39.0 Å². The molecule has 1 aromatic carbocycles. The number of benzene rings is 1. The Morgan fingerprint density at radius 3 is 2.78 bits per heavy atom. The summed E-state index contributed by atoms with van der Waals surface area (Å²) in [5.74, 6) is 0.416. The van der Waals surface area contributed by atoms with Gasteiger partial charge in [0.25, 0.3) is 0 Å². The molecule has 0 aliphatic carbocycles. The van der Waals surface area contributed by atoms with Crippen molar-refractivity contribution >= 4 is 11.7 Å². The van der Waals surface area contributed by atoms with Crippen LogP contribution in [-0.2, 0) is 17.9 Å². The monoisotopic (exact) mass is 314 g/mol. The second-order valence-electron chi connectivity index (χ2n) is 5.69. The molecule has 3 N–H and O–H groups in total. The van der Waals surface area contributed by atoms with Gasteiger partial charge in [-0.2, -0.15) is 4.98 Å². The van der Waals surface area contributed by atoms with E-state index in [0.717, 1.165) is 16.7 Å². The molecule has 2 aromatic rings. The maximum absolute atomic E-state index is 11.6. The van der Waals surface area contributed by atoms with Crippen LogP contribution in [0.5, 0.6) is 6.01 Å². The van der Waals surface area contributed by atoms with E-state index < -0.39 is 0 Å². The lowest BCUT2D eigenvalue weighted by molar-refractivity contribution is -0.124. The van der Waals surface area contributed by atoms with Gasteiger partial charge in [0.05, 0.1) is 0 Å². The number of ether oxygens (including phenoxy) is 1. The predicted octanol–water partition coefficient (Wildman–Crippen LogP) is 2.22. The molecule has 0 unspecified atom stereocenters. The second kappa shape index (κ2) is 7.58. The quantitative estimate of drug-likeness (QED) is 0.853. The SMILES string of the molecule is Cc1cc(COc2nccc(N)n2)ccc1CNC(=O)C(C)C. The minimum absolute atomic E-state index is 0.0127. The number of nitrogen functional groups attached to an aromatic ring is 1. The van der Waals surface area contributed by atoms with Gasteiger partial charge in [0.1, 0.15) is 12.4 Å². The highest BCUT2D eigenvalue weighted by Crippen LogP contribution is 2.13. The van der Waals surface area contributed by atoms with Crippen LogP contribution >= 0.6 is 0 Å². The van der Waals surface area contributed by atoms with Crippen LogP contribution in [0.3, 0.4) is 0 Å². The van der Waals surface area contributed by atoms with Crippen molar-refractivity contribution in [2.75, 3.05) is 5.73 Å². The van der Waals surface area contributed by atoms with E-state index in [0.29, 0.717) is 19.0 Å². The van der Waals surface area contributed by atoms with Crippen molar-refractivity contribution < 1.29 is 9.53 Å². The molecule has 0 aliphatic rings. The Bertz CT molecular complexity index is 686. The van der Waals surface area contributed by atoms with Crippen LogP contribution in [0.25, 0.3) is 0 Å². The van der Waals surface area contributed by atoms with Crippen LogP contribution in [0.1, 0.15) is 30.5 Å². The number of carbonyl (C=O) groups excluding carboxylic acids is 1. The molecule has 0 spiro atoms. The highest BCUT2D eigenvalue weighted by atomic mass is 16.5. The molecule has 0 saturated heterocycles. The lowest BCUT2D eigenvalue weighted by Crippen LogP contribution is -2.27. The first-order chi connectivity index (χ1) is 11.0. The third kappa shape index (κ3) is 4.95. The van der Waals surface area contributed by atoms with E-state index in [1.165, 1.54) is 0 Å². The van der Waals surface area contributed by atoms with E-state index >= 15 is 0 Å². The van der Waals surface area contributed by atoms with Gasteiger partial charge in [-0.05, 0) is 29.7 Å². The van der Waals surface area contributed by atoms with Gasteiger partial charge in [-0.15, -0.1) is 0 Å². The van der Waals surface area contributed by atoms with Gasteiger partial charge < -0.3 is 15.8 Å². The van der Waals surface area contributed by atoms with E-state index in [-0.39, 0.29) is 17.8 Å². The molecule has 0 radical (unpaired) electrons.